The lowest BCUT2D eigenvalue weighted by atomic mass is 10.7. The smallest absolute Gasteiger partial charge is 0.262 e. The number of nitrogens with zero attached hydrogens (tertiary/aromatic N) is 4. The molecule has 5 nitrogen and oxygen atoms in total. The van der Waals surface area contributed by atoms with E-state index in [-0.39, 0.29) is 5.28 Å². The van der Waals surface area contributed by atoms with E-state index in [9.17, 15) is 0 Å². The molecule has 13 heavy (non-hydrogen) atoms. The number of halogens is 2. The standard InChI is InChI=1S/C6H4BrClN4O/c1-13-5-4-9-2-3(7)12(4)11-6(8)10-5/h2H,1H3. The van der Waals surface area contributed by atoms with E-state index in [1.807, 2.05) is 0 Å². The molecule has 0 amide bonds. The molecule has 2 aromatic rings. The average molecular weight is 263 g/mol. The van der Waals surface area contributed by atoms with Gasteiger partial charge in [-0.05, 0) is 27.5 Å². The zero-order valence-electron chi connectivity index (χ0n) is 6.53. The van der Waals surface area contributed by atoms with E-state index in [2.05, 4.69) is 31.0 Å². The van der Waals surface area contributed by atoms with Gasteiger partial charge >= 0.3 is 0 Å². The molecule has 0 fully saturated rings. The van der Waals surface area contributed by atoms with Crippen molar-refractivity contribution in [3.63, 3.8) is 0 Å². The molecule has 0 bridgehead atoms. The summed E-state index contributed by atoms with van der Waals surface area (Å²) in [5, 5.41) is 4.04. The number of rotatable bonds is 1. The highest BCUT2D eigenvalue weighted by atomic mass is 79.9. The van der Waals surface area contributed by atoms with Crippen LogP contribution in [0.1, 0.15) is 0 Å². The predicted molar refractivity (Wildman–Crippen MR) is 50.0 cm³/mol. The first-order chi connectivity index (χ1) is 6.22. The second-order valence-corrected chi connectivity index (χ2v) is 3.36. The normalized spacial score (nSPS) is 10.7. The summed E-state index contributed by atoms with van der Waals surface area (Å²) in [6.07, 6.45) is 1.60. The summed E-state index contributed by atoms with van der Waals surface area (Å²) in [7, 11) is 1.50. The molecular weight excluding hydrogens is 259 g/mol. The van der Waals surface area contributed by atoms with Gasteiger partial charge in [-0.1, -0.05) is 0 Å². The van der Waals surface area contributed by atoms with Crippen molar-refractivity contribution in [1.82, 2.24) is 19.6 Å². The molecule has 7 heteroatoms. The van der Waals surface area contributed by atoms with Crippen molar-refractivity contribution in [1.29, 1.82) is 0 Å². The number of ether oxygens (including phenoxy) is 1. The minimum absolute atomic E-state index is 0.114. The molecule has 0 radical (unpaired) electrons. The van der Waals surface area contributed by atoms with Crippen LogP contribution < -0.4 is 4.74 Å². The molecule has 2 heterocycles. The molecule has 0 atom stereocenters. The highest BCUT2D eigenvalue weighted by Gasteiger charge is 2.10. The van der Waals surface area contributed by atoms with Crippen molar-refractivity contribution in [3.05, 3.63) is 16.1 Å². The molecule has 0 aliphatic carbocycles. The summed E-state index contributed by atoms with van der Waals surface area (Å²) in [6, 6.07) is 0. The van der Waals surface area contributed by atoms with E-state index in [0.717, 1.165) is 0 Å². The Morgan fingerprint density at radius 2 is 2.38 bits per heavy atom. The van der Waals surface area contributed by atoms with Crippen LogP contribution in [0.5, 0.6) is 5.88 Å². The average Bonchev–Trinajstić information content (AvgIpc) is 2.47. The fourth-order valence-corrected chi connectivity index (χ4v) is 1.44. The quantitative estimate of drug-likeness (QED) is 0.783. The minimum Gasteiger partial charge on any atom is -0.478 e. The van der Waals surface area contributed by atoms with Crippen molar-refractivity contribution in [2.45, 2.75) is 0 Å². The molecule has 0 aromatic carbocycles. The van der Waals surface area contributed by atoms with Gasteiger partial charge in [-0.15, -0.1) is 5.10 Å². The zero-order chi connectivity index (χ0) is 9.42. The number of hydrogen-bond donors (Lipinski definition) is 0. The van der Waals surface area contributed by atoms with E-state index < -0.39 is 0 Å². The Hall–Kier alpha value is -0.880. The van der Waals surface area contributed by atoms with Crippen LogP contribution in [0.25, 0.3) is 5.65 Å². The third kappa shape index (κ3) is 1.36. The monoisotopic (exact) mass is 262 g/mol. The van der Waals surface area contributed by atoms with Gasteiger partial charge in [0.2, 0.25) is 10.9 Å². The van der Waals surface area contributed by atoms with Gasteiger partial charge in [0.05, 0.1) is 13.3 Å². The zero-order valence-corrected chi connectivity index (χ0v) is 8.87. The summed E-state index contributed by atoms with van der Waals surface area (Å²) in [5.41, 5.74) is 0.527. The van der Waals surface area contributed by atoms with E-state index in [0.29, 0.717) is 16.1 Å². The maximum atomic E-state index is 5.66. The number of imidazole rings is 1. The predicted octanol–water partition coefficient (Wildman–Crippen LogP) is 1.55. The molecule has 68 valence electrons. The van der Waals surface area contributed by atoms with Crippen LogP contribution >= 0.6 is 27.5 Å². The van der Waals surface area contributed by atoms with Gasteiger partial charge < -0.3 is 4.74 Å². The van der Waals surface area contributed by atoms with E-state index in [1.165, 1.54) is 11.6 Å². The number of aromatic nitrogens is 4. The molecule has 0 saturated carbocycles. The molecule has 0 saturated heterocycles. The SMILES string of the molecule is COc1nc(Cl)nn2c(Br)cnc12. The van der Waals surface area contributed by atoms with Crippen LogP contribution in [-0.4, -0.2) is 26.7 Å². The van der Waals surface area contributed by atoms with Crippen LogP contribution in [0, 0.1) is 0 Å². The first-order valence-corrected chi connectivity index (χ1v) is 4.50. The highest BCUT2D eigenvalue weighted by molar-refractivity contribution is 9.10. The molecule has 0 aliphatic rings. The van der Waals surface area contributed by atoms with Crippen molar-refractivity contribution in [2.24, 2.45) is 0 Å². The van der Waals surface area contributed by atoms with Crippen molar-refractivity contribution in [3.8, 4) is 5.88 Å². The van der Waals surface area contributed by atoms with Gasteiger partial charge in [0.1, 0.15) is 4.60 Å². The number of hydrogen-bond acceptors (Lipinski definition) is 4. The van der Waals surface area contributed by atoms with Crippen molar-refractivity contribution >= 4 is 33.2 Å². The maximum Gasteiger partial charge on any atom is 0.262 e. The molecule has 2 aromatic heterocycles. The molecule has 0 spiro atoms. The molecule has 2 rings (SSSR count). The second kappa shape index (κ2) is 3.12. The van der Waals surface area contributed by atoms with Gasteiger partial charge in [-0.2, -0.15) is 9.50 Å². The van der Waals surface area contributed by atoms with Crippen molar-refractivity contribution < 1.29 is 4.74 Å². The Bertz CT molecular complexity index is 457. The highest BCUT2D eigenvalue weighted by Crippen LogP contribution is 2.20. The van der Waals surface area contributed by atoms with Crippen LogP contribution in [0.3, 0.4) is 0 Å². The third-order valence-electron chi connectivity index (χ3n) is 1.46. The lowest BCUT2D eigenvalue weighted by Crippen LogP contribution is -1.99. The Balaban J connectivity index is 2.84. The first kappa shape index (κ1) is 8.71. The van der Waals surface area contributed by atoms with Gasteiger partial charge in [-0.3, -0.25) is 0 Å². The Labute approximate surface area is 86.8 Å². The minimum atomic E-state index is 0.114. The van der Waals surface area contributed by atoms with Crippen LogP contribution in [0.2, 0.25) is 5.28 Å². The summed E-state index contributed by atoms with van der Waals surface area (Å²) in [4.78, 5) is 7.90. The fraction of sp³-hybridized carbons (Fsp3) is 0.167. The largest absolute Gasteiger partial charge is 0.478 e. The van der Waals surface area contributed by atoms with Gasteiger partial charge in [0, 0.05) is 0 Å². The molecule has 0 N–H and O–H groups in total. The van der Waals surface area contributed by atoms with E-state index in [4.69, 9.17) is 16.3 Å². The summed E-state index contributed by atoms with van der Waals surface area (Å²) < 4.78 is 7.19. The summed E-state index contributed by atoms with van der Waals surface area (Å²) in [5.74, 6) is 0.353. The van der Waals surface area contributed by atoms with Crippen molar-refractivity contribution in [2.75, 3.05) is 7.11 Å². The van der Waals surface area contributed by atoms with Gasteiger partial charge in [0.25, 0.3) is 5.88 Å². The molecule has 0 unspecified atom stereocenters. The van der Waals surface area contributed by atoms with Gasteiger partial charge in [-0.25, -0.2) is 4.98 Å². The van der Waals surface area contributed by atoms with Crippen LogP contribution in [0.4, 0.5) is 0 Å². The first-order valence-electron chi connectivity index (χ1n) is 3.33. The fourth-order valence-electron chi connectivity index (χ4n) is 0.941. The van der Waals surface area contributed by atoms with E-state index >= 15 is 0 Å². The second-order valence-electron chi connectivity index (χ2n) is 2.21. The van der Waals surface area contributed by atoms with Crippen LogP contribution in [0.15, 0.2) is 10.8 Å². The summed E-state index contributed by atoms with van der Waals surface area (Å²) >= 11 is 8.92. The summed E-state index contributed by atoms with van der Waals surface area (Å²) in [6.45, 7) is 0. The lowest BCUT2D eigenvalue weighted by molar-refractivity contribution is 0.398. The third-order valence-corrected chi connectivity index (χ3v) is 2.16. The lowest BCUT2D eigenvalue weighted by Gasteiger charge is -2.00. The van der Waals surface area contributed by atoms with E-state index in [1.54, 1.807) is 6.20 Å². The Morgan fingerprint density at radius 3 is 3.08 bits per heavy atom. The Kier molecular flexibility index (Phi) is 2.09. The number of methoxy groups -OCH3 is 1. The van der Waals surface area contributed by atoms with Gasteiger partial charge in [0.15, 0.2) is 0 Å². The van der Waals surface area contributed by atoms with Crippen LogP contribution in [-0.2, 0) is 0 Å². The topological polar surface area (TPSA) is 52.3 Å². The number of fused-ring (bicyclic) bond motifs is 1. The molecule has 0 aliphatic heterocycles. The molecular formula is C6H4BrClN4O. The maximum absolute atomic E-state index is 5.66. The Morgan fingerprint density at radius 1 is 1.62 bits per heavy atom.